The average Bonchev–Trinajstić information content (AvgIpc) is 2.56. The van der Waals surface area contributed by atoms with E-state index in [9.17, 15) is 4.79 Å². The zero-order valence-electron chi connectivity index (χ0n) is 16.0. The third-order valence-corrected chi connectivity index (χ3v) is 6.69. The van der Waals surface area contributed by atoms with Crippen molar-refractivity contribution in [2.45, 2.75) is 77.2 Å². The van der Waals surface area contributed by atoms with Crippen LogP contribution < -0.4 is 5.73 Å². The second-order valence-corrected chi connectivity index (χ2v) is 15.9. The highest BCUT2D eigenvalue weighted by Gasteiger charge is 2.23. The summed E-state index contributed by atoms with van der Waals surface area (Å²) in [4.78, 5) is 10.3. The predicted octanol–water partition coefficient (Wildman–Crippen LogP) is 7.24. The van der Waals surface area contributed by atoms with Crippen LogP contribution >= 0.6 is 33.2 Å². The van der Waals surface area contributed by atoms with Crippen molar-refractivity contribution in [3.8, 4) is 5.75 Å². The molecule has 0 saturated carbocycles. The highest BCUT2D eigenvalue weighted by Crippen LogP contribution is 2.27. The van der Waals surface area contributed by atoms with Crippen LogP contribution in [0.1, 0.15) is 81.5 Å². The molecule has 0 radical (unpaired) electrons. The van der Waals surface area contributed by atoms with Crippen molar-refractivity contribution in [2.24, 2.45) is 0 Å². The number of carboxylic acids is 1. The number of unbranched alkanes of at least 4 members (excludes halogenated alkanes) is 9. The third-order valence-electron chi connectivity index (χ3n) is 4.07. The van der Waals surface area contributed by atoms with Crippen LogP contribution in [0.2, 0.25) is 6.04 Å². The molecule has 0 atom stereocenters. The topological polar surface area (TPSA) is 83.6 Å². The molecule has 1 rings (SSSR count). The minimum absolute atomic E-state index is 0.140. The van der Waals surface area contributed by atoms with Crippen LogP contribution in [0.25, 0.3) is 0 Å². The maximum atomic E-state index is 10.3. The first-order valence-electron chi connectivity index (χ1n) is 9.56. The summed E-state index contributed by atoms with van der Waals surface area (Å²) in [6.45, 7) is 2.26. The number of aromatic carboxylic acids is 1. The van der Waals surface area contributed by atoms with Crippen LogP contribution in [0.5, 0.6) is 5.75 Å². The number of phenols is 1. The summed E-state index contributed by atoms with van der Waals surface area (Å²) < 4.78 is 0. The Hall–Kier alpha value is -0.623. The lowest BCUT2D eigenvalue weighted by Gasteiger charge is -2.06. The van der Waals surface area contributed by atoms with E-state index in [-0.39, 0.29) is 11.3 Å². The summed E-state index contributed by atoms with van der Waals surface area (Å²) in [5.74, 6) is -1.47. The Kier molecular flexibility index (Phi) is 15.0. The molecule has 27 heavy (non-hydrogen) atoms. The Labute approximate surface area is 178 Å². The van der Waals surface area contributed by atoms with Gasteiger partial charge in [0.1, 0.15) is 11.3 Å². The molecule has 4 N–H and O–H groups in total. The van der Waals surface area contributed by atoms with Crippen LogP contribution in [-0.2, 0) is 0 Å². The molecule has 1 aromatic rings. The molecule has 0 aliphatic rings. The first kappa shape index (κ1) is 26.4. The average molecular weight is 457 g/mol. The summed E-state index contributed by atoms with van der Waals surface area (Å²) in [5, 5.41) is 17.5. The lowest BCUT2D eigenvalue weighted by atomic mass is 10.1. The van der Waals surface area contributed by atoms with E-state index in [4.69, 9.17) is 49.2 Å². The lowest BCUT2D eigenvalue weighted by Crippen LogP contribution is -2.07. The summed E-state index contributed by atoms with van der Waals surface area (Å²) in [5.41, 5.74) is 5.48. The molecule has 0 heterocycles. The van der Waals surface area contributed by atoms with Gasteiger partial charge in [-0.15, -0.1) is 33.2 Å². The Balaban J connectivity index is 0.000000533. The van der Waals surface area contributed by atoms with Gasteiger partial charge in [-0.05, 0) is 18.2 Å². The highest BCUT2D eigenvalue weighted by molar-refractivity contribution is 7.64. The molecule has 156 valence electrons. The fraction of sp³-hybridized carbons (Fsp3) is 0.632. The number of benzene rings is 1. The van der Waals surface area contributed by atoms with Gasteiger partial charge in [0.05, 0.1) is 0 Å². The molecule has 0 amide bonds. The van der Waals surface area contributed by atoms with Crippen LogP contribution in [0.3, 0.4) is 0 Å². The van der Waals surface area contributed by atoms with Crippen molar-refractivity contribution < 1.29 is 15.0 Å². The third kappa shape index (κ3) is 16.1. The van der Waals surface area contributed by atoms with Crippen molar-refractivity contribution in [2.75, 3.05) is 5.73 Å². The van der Waals surface area contributed by atoms with Crippen LogP contribution in [-0.4, -0.2) is 22.2 Å². The number of aromatic hydroxyl groups is 1. The van der Waals surface area contributed by atoms with Gasteiger partial charge in [0.15, 0.2) is 0 Å². The van der Waals surface area contributed by atoms with E-state index in [1.54, 1.807) is 0 Å². The van der Waals surface area contributed by atoms with Gasteiger partial charge in [0.25, 0.3) is 0 Å². The molecular weight excluding hydrogens is 425 g/mol. The Morgan fingerprint density at radius 1 is 0.963 bits per heavy atom. The smallest absolute Gasteiger partial charge is 0.341 e. The number of anilines is 1. The second-order valence-electron chi connectivity index (χ2n) is 6.63. The number of carbonyl (C=O) groups is 1. The zero-order chi connectivity index (χ0) is 20.7. The summed E-state index contributed by atoms with van der Waals surface area (Å²) in [7, 11) is 0. The Morgan fingerprint density at radius 2 is 1.44 bits per heavy atom. The molecule has 0 fully saturated rings. The van der Waals surface area contributed by atoms with Gasteiger partial charge < -0.3 is 15.9 Å². The standard InChI is InChI=1S/C12H25Cl3Si.C7H7NO3/c1-2-3-4-5-6-7-8-9-10-11-12-16(13,14)15;8-4-1-2-5(7(10)11)6(9)3-4/h2-12H2,1H3;1-3,9H,8H2,(H,10,11). The minimum Gasteiger partial charge on any atom is -0.507 e. The zero-order valence-corrected chi connectivity index (χ0v) is 19.3. The maximum absolute atomic E-state index is 10.3. The van der Waals surface area contributed by atoms with E-state index in [0.29, 0.717) is 5.69 Å². The fourth-order valence-corrected chi connectivity index (χ4v) is 4.40. The van der Waals surface area contributed by atoms with Gasteiger partial charge in [-0.3, -0.25) is 0 Å². The summed E-state index contributed by atoms with van der Waals surface area (Å²) >= 11 is 17.4. The van der Waals surface area contributed by atoms with Crippen LogP contribution in [0, 0.1) is 0 Å². The van der Waals surface area contributed by atoms with Crippen molar-refractivity contribution >= 4 is 50.9 Å². The first-order chi connectivity index (χ1) is 12.7. The van der Waals surface area contributed by atoms with E-state index in [1.165, 1.54) is 76.0 Å². The Morgan fingerprint density at radius 3 is 1.85 bits per heavy atom. The molecule has 0 aliphatic heterocycles. The van der Waals surface area contributed by atoms with Crippen molar-refractivity contribution in [1.82, 2.24) is 0 Å². The number of hydrogen-bond donors (Lipinski definition) is 3. The molecule has 0 bridgehead atoms. The van der Waals surface area contributed by atoms with Crippen molar-refractivity contribution in [1.29, 1.82) is 0 Å². The molecule has 0 spiro atoms. The number of carboxylic acid groups (broad SMARTS) is 1. The fourth-order valence-electron chi connectivity index (χ4n) is 2.54. The van der Waals surface area contributed by atoms with Gasteiger partial charge in [0, 0.05) is 11.8 Å². The second kappa shape index (κ2) is 15.3. The maximum Gasteiger partial charge on any atom is 0.341 e. The molecule has 0 aliphatic carbocycles. The normalized spacial score (nSPS) is 11.0. The van der Waals surface area contributed by atoms with Gasteiger partial charge >= 0.3 is 12.0 Å². The SMILES string of the molecule is CCCCCCCCCCCC[Si](Cl)(Cl)Cl.Nc1ccc(C(=O)O)c(O)c1. The van der Waals surface area contributed by atoms with Gasteiger partial charge in [-0.25, -0.2) is 4.79 Å². The van der Waals surface area contributed by atoms with E-state index < -0.39 is 12.0 Å². The van der Waals surface area contributed by atoms with E-state index in [1.807, 2.05) is 0 Å². The Bertz CT molecular complexity index is 539. The minimum atomic E-state index is -2.33. The van der Waals surface area contributed by atoms with Crippen molar-refractivity contribution in [3.05, 3.63) is 23.8 Å². The van der Waals surface area contributed by atoms with Crippen molar-refractivity contribution in [3.63, 3.8) is 0 Å². The number of nitrogen functional groups attached to an aromatic ring is 1. The van der Waals surface area contributed by atoms with Gasteiger partial charge in [-0.1, -0.05) is 71.1 Å². The van der Waals surface area contributed by atoms with Crippen LogP contribution in [0.4, 0.5) is 5.69 Å². The predicted molar refractivity (Wildman–Crippen MR) is 119 cm³/mol. The summed E-state index contributed by atoms with van der Waals surface area (Å²) in [6.07, 6.45) is 13.3. The molecule has 4 nitrogen and oxygen atoms in total. The van der Waals surface area contributed by atoms with Crippen LogP contribution in [0.15, 0.2) is 18.2 Å². The van der Waals surface area contributed by atoms with E-state index in [2.05, 4.69) is 6.92 Å². The molecular formula is C19H32Cl3NO3Si. The highest BCUT2D eigenvalue weighted by atomic mass is 35.8. The molecule has 0 aromatic heterocycles. The number of nitrogens with two attached hydrogens (primary N) is 1. The first-order valence-corrected chi connectivity index (χ1v) is 14.8. The quantitative estimate of drug-likeness (QED) is 0.134. The van der Waals surface area contributed by atoms with Gasteiger partial charge in [-0.2, -0.15) is 0 Å². The van der Waals surface area contributed by atoms with Gasteiger partial charge in [0.2, 0.25) is 0 Å². The molecule has 0 saturated heterocycles. The monoisotopic (exact) mass is 455 g/mol. The van der Waals surface area contributed by atoms with E-state index in [0.717, 1.165) is 12.5 Å². The summed E-state index contributed by atoms with van der Waals surface area (Å²) in [6, 6.07) is 2.37. The molecule has 0 unspecified atom stereocenters. The number of rotatable bonds is 12. The van der Waals surface area contributed by atoms with E-state index >= 15 is 0 Å². The number of hydrogen-bond acceptors (Lipinski definition) is 3. The lowest BCUT2D eigenvalue weighted by molar-refractivity contribution is 0.0694. The molecule has 1 aromatic carbocycles. The number of halogens is 3. The largest absolute Gasteiger partial charge is 0.507 e. The molecule has 8 heteroatoms.